The highest BCUT2D eigenvalue weighted by atomic mass is 16.4. The van der Waals surface area contributed by atoms with Crippen LogP contribution in [0.5, 0.6) is 0 Å². The second kappa shape index (κ2) is 6.42. The maximum absolute atomic E-state index is 10.8. The van der Waals surface area contributed by atoms with Gasteiger partial charge in [0.15, 0.2) is 6.54 Å². The van der Waals surface area contributed by atoms with Gasteiger partial charge in [-0.1, -0.05) is 26.2 Å². The predicted octanol–water partition coefficient (Wildman–Crippen LogP) is 1.83. The molecule has 96 valence electrons. The zero-order chi connectivity index (χ0) is 12.8. The molecule has 0 amide bonds. The van der Waals surface area contributed by atoms with Gasteiger partial charge in [-0.05, 0) is 6.42 Å². The normalized spacial score (nSPS) is 10.8. The van der Waals surface area contributed by atoms with E-state index in [0.29, 0.717) is 0 Å². The number of hydrogen-bond donors (Lipinski definition) is 1. The van der Waals surface area contributed by atoms with E-state index >= 15 is 0 Å². The van der Waals surface area contributed by atoms with E-state index in [1.165, 1.54) is 19.3 Å². The highest BCUT2D eigenvalue weighted by Crippen LogP contribution is 2.07. The second-order valence-electron chi connectivity index (χ2n) is 4.58. The highest BCUT2D eigenvalue weighted by molar-refractivity contribution is 5.64. The number of aliphatic carboxylic acids is 1. The Balaban J connectivity index is 2.70. The monoisotopic (exact) mass is 239 g/mol. The van der Waals surface area contributed by atoms with E-state index in [1.807, 2.05) is 24.7 Å². The maximum atomic E-state index is 10.8. The van der Waals surface area contributed by atoms with Crippen LogP contribution in [0.15, 0.2) is 6.20 Å². The Labute approximate surface area is 103 Å². The van der Waals surface area contributed by atoms with Gasteiger partial charge < -0.3 is 5.11 Å². The number of imidazole rings is 1. The summed E-state index contributed by atoms with van der Waals surface area (Å²) >= 11 is 0. The number of carboxylic acid groups (broad SMARTS) is 1. The first-order chi connectivity index (χ1) is 8.06. The van der Waals surface area contributed by atoms with Gasteiger partial charge >= 0.3 is 5.97 Å². The van der Waals surface area contributed by atoms with Gasteiger partial charge in [-0.2, -0.15) is 0 Å². The fraction of sp³-hybridized carbons (Fsp3) is 0.692. The molecule has 0 bridgehead atoms. The predicted molar refractivity (Wildman–Crippen MR) is 65.8 cm³/mol. The number of carboxylic acids is 1. The fourth-order valence-electron chi connectivity index (χ4n) is 2.09. The summed E-state index contributed by atoms with van der Waals surface area (Å²) in [5, 5.41) is 8.87. The quantitative estimate of drug-likeness (QED) is 0.583. The van der Waals surface area contributed by atoms with Crippen LogP contribution in [-0.4, -0.2) is 15.6 Å². The van der Waals surface area contributed by atoms with E-state index in [0.717, 1.165) is 24.4 Å². The van der Waals surface area contributed by atoms with Gasteiger partial charge in [-0.15, -0.1) is 0 Å². The van der Waals surface area contributed by atoms with E-state index in [-0.39, 0.29) is 6.54 Å². The molecule has 0 spiro atoms. The molecule has 4 nitrogen and oxygen atoms in total. The summed E-state index contributed by atoms with van der Waals surface area (Å²) in [6.07, 6.45) is 7.70. The molecule has 1 aromatic rings. The van der Waals surface area contributed by atoms with Gasteiger partial charge in [-0.3, -0.25) is 0 Å². The number of aryl methyl sites for hydroxylation is 1. The van der Waals surface area contributed by atoms with Crippen LogP contribution in [0.4, 0.5) is 0 Å². The summed E-state index contributed by atoms with van der Waals surface area (Å²) in [6.45, 7) is 4.26. The Morgan fingerprint density at radius 3 is 2.71 bits per heavy atom. The van der Waals surface area contributed by atoms with E-state index in [1.54, 1.807) is 0 Å². The van der Waals surface area contributed by atoms with Crippen molar-refractivity contribution in [3.8, 4) is 0 Å². The van der Waals surface area contributed by atoms with Crippen LogP contribution in [0, 0.1) is 6.92 Å². The minimum Gasteiger partial charge on any atom is -0.478 e. The summed E-state index contributed by atoms with van der Waals surface area (Å²) in [5.74, 6) is 0.330. The van der Waals surface area contributed by atoms with Crippen LogP contribution < -0.4 is 4.57 Å². The first-order valence-corrected chi connectivity index (χ1v) is 6.32. The average molecular weight is 239 g/mol. The van der Waals surface area contributed by atoms with E-state index in [2.05, 4.69) is 11.5 Å². The molecule has 17 heavy (non-hydrogen) atoms. The highest BCUT2D eigenvalue weighted by Gasteiger charge is 2.19. The number of unbranched alkanes of at least 4 members (excludes halogenated alkanes) is 3. The minimum atomic E-state index is -0.782. The fourth-order valence-corrected chi connectivity index (χ4v) is 2.09. The molecule has 1 aromatic heterocycles. The van der Waals surface area contributed by atoms with Gasteiger partial charge in [0.1, 0.15) is 11.9 Å². The molecule has 0 unspecified atom stereocenters. The van der Waals surface area contributed by atoms with Crippen molar-refractivity contribution in [1.82, 2.24) is 4.57 Å². The van der Waals surface area contributed by atoms with Crippen LogP contribution in [0.3, 0.4) is 0 Å². The van der Waals surface area contributed by atoms with Crippen molar-refractivity contribution in [1.29, 1.82) is 0 Å². The molecule has 0 aliphatic heterocycles. The standard InChI is InChI=1S/C13H22N2O2/c1-4-5-6-7-8-12-14(3)11(2)9-15(12)10-13(16)17/h9H,4-8,10H2,1-3H3/p+1. The number of hydrogen-bond acceptors (Lipinski definition) is 1. The van der Waals surface area contributed by atoms with Crippen molar-refractivity contribution >= 4 is 5.97 Å². The average Bonchev–Trinajstić information content (AvgIpc) is 2.50. The maximum Gasteiger partial charge on any atom is 0.346 e. The lowest BCUT2D eigenvalue weighted by Gasteiger charge is -2.01. The molecule has 0 saturated heterocycles. The molecule has 0 saturated carbocycles. The first kappa shape index (κ1) is 13.7. The molecule has 1 N–H and O–H groups in total. The van der Waals surface area contributed by atoms with Crippen molar-refractivity contribution in [2.45, 2.75) is 52.5 Å². The Bertz CT molecular complexity index is 383. The summed E-state index contributed by atoms with van der Waals surface area (Å²) < 4.78 is 3.94. The second-order valence-corrected chi connectivity index (χ2v) is 4.58. The third-order valence-electron chi connectivity index (χ3n) is 3.15. The van der Waals surface area contributed by atoms with Crippen LogP contribution in [-0.2, 0) is 24.8 Å². The molecule has 0 aliphatic rings. The van der Waals surface area contributed by atoms with Gasteiger partial charge in [0.25, 0.3) is 5.82 Å². The summed E-state index contributed by atoms with van der Waals surface area (Å²) in [4.78, 5) is 10.8. The van der Waals surface area contributed by atoms with E-state index < -0.39 is 5.97 Å². The molecular formula is C13H23N2O2+. The Hall–Kier alpha value is -1.32. The molecule has 1 rings (SSSR count). The molecular weight excluding hydrogens is 216 g/mol. The van der Waals surface area contributed by atoms with Crippen LogP contribution in [0.1, 0.15) is 44.1 Å². The lowest BCUT2D eigenvalue weighted by atomic mass is 10.1. The van der Waals surface area contributed by atoms with Crippen LogP contribution in [0.2, 0.25) is 0 Å². The van der Waals surface area contributed by atoms with Crippen molar-refractivity contribution < 1.29 is 14.5 Å². The Kier molecular flexibility index (Phi) is 5.19. The summed E-state index contributed by atoms with van der Waals surface area (Å²) in [5.41, 5.74) is 1.11. The number of aromatic nitrogens is 2. The molecule has 0 aliphatic carbocycles. The van der Waals surface area contributed by atoms with Crippen molar-refractivity contribution in [2.24, 2.45) is 7.05 Å². The Morgan fingerprint density at radius 1 is 1.41 bits per heavy atom. The van der Waals surface area contributed by atoms with Crippen molar-refractivity contribution in [3.05, 3.63) is 17.7 Å². The van der Waals surface area contributed by atoms with Crippen molar-refractivity contribution in [2.75, 3.05) is 0 Å². The molecule has 1 heterocycles. The number of carbonyl (C=O) groups is 1. The molecule has 0 fully saturated rings. The van der Waals surface area contributed by atoms with Crippen molar-refractivity contribution in [3.63, 3.8) is 0 Å². The topological polar surface area (TPSA) is 46.1 Å². The Morgan fingerprint density at radius 2 is 2.12 bits per heavy atom. The van der Waals surface area contributed by atoms with Gasteiger partial charge in [0.2, 0.25) is 0 Å². The summed E-state index contributed by atoms with van der Waals surface area (Å²) in [7, 11) is 2.00. The summed E-state index contributed by atoms with van der Waals surface area (Å²) in [6, 6.07) is 0. The van der Waals surface area contributed by atoms with Crippen LogP contribution >= 0.6 is 0 Å². The lowest BCUT2D eigenvalue weighted by Crippen LogP contribution is -2.40. The smallest absolute Gasteiger partial charge is 0.346 e. The van der Waals surface area contributed by atoms with Crippen LogP contribution in [0.25, 0.3) is 0 Å². The number of rotatable bonds is 7. The largest absolute Gasteiger partial charge is 0.478 e. The van der Waals surface area contributed by atoms with E-state index in [9.17, 15) is 4.79 Å². The molecule has 0 atom stereocenters. The zero-order valence-corrected chi connectivity index (χ0v) is 11.1. The zero-order valence-electron chi connectivity index (χ0n) is 11.1. The van der Waals surface area contributed by atoms with Gasteiger partial charge in [0, 0.05) is 13.3 Å². The first-order valence-electron chi connectivity index (χ1n) is 6.32. The number of nitrogens with zero attached hydrogens (tertiary/aromatic N) is 2. The van der Waals surface area contributed by atoms with Gasteiger partial charge in [0.05, 0.1) is 7.05 Å². The molecule has 0 radical (unpaired) electrons. The minimum absolute atomic E-state index is 0.0603. The molecule has 0 aromatic carbocycles. The third-order valence-corrected chi connectivity index (χ3v) is 3.15. The van der Waals surface area contributed by atoms with Gasteiger partial charge in [-0.25, -0.2) is 13.9 Å². The SMILES string of the molecule is CCCCCCc1n(C)c(C)c[n+]1CC(=O)O. The third kappa shape index (κ3) is 3.88. The lowest BCUT2D eigenvalue weighted by molar-refractivity contribution is -0.692. The van der Waals surface area contributed by atoms with E-state index in [4.69, 9.17) is 5.11 Å². The molecule has 4 heteroatoms.